The fourth-order valence-corrected chi connectivity index (χ4v) is 1.21. The molecule has 3 atom stereocenters. The van der Waals surface area contributed by atoms with E-state index in [0.717, 1.165) is 0 Å². The molecule has 1 rings (SSSR count). The number of ether oxygens (including phenoxy) is 1. The van der Waals surface area contributed by atoms with Gasteiger partial charge in [0.05, 0.1) is 12.2 Å². The van der Waals surface area contributed by atoms with Gasteiger partial charge in [-0.25, -0.2) is 4.79 Å². The first kappa shape index (κ1) is 10.9. The number of carbonyl (C=O) groups is 1. The van der Waals surface area contributed by atoms with Crippen molar-refractivity contribution < 1.29 is 19.7 Å². The van der Waals surface area contributed by atoms with E-state index >= 15 is 0 Å². The highest BCUT2D eigenvalue weighted by Gasteiger charge is 2.19. The van der Waals surface area contributed by atoms with Crippen LogP contribution in [0.3, 0.4) is 0 Å². The number of esters is 1. The van der Waals surface area contributed by atoms with Crippen molar-refractivity contribution in [3.63, 3.8) is 0 Å². The molecule has 0 saturated carbocycles. The van der Waals surface area contributed by atoms with Gasteiger partial charge < -0.3 is 14.9 Å². The SMILES string of the molecule is C[C@@H]1C[C@@H](O)[C@@H](O)C=CC=CC(=O)O1. The monoisotopic (exact) mass is 198 g/mol. The number of cyclic esters (lactones) is 1. The average Bonchev–Trinajstić information content (AvgIpc) is 2.10. The lowest BCUT2D eigenvalue weighted by Crippen LogP contribution is -2.29. The minimum atomic E-state index is -0.918. The van der Waals surface area contributed by atoms with Gasteiger partial charge >= 0.3 is 5.97 Å². The summed E-state index contributed by atoms with van der Waals surface area (Å²) in [5, 5.41) is 18.8. The van der Waals surface area contributed by atoms with Gasteiger partial charge in [0, 0.05) is 12.5 Å². The van der Waals surface area contributed by atoms with Gasteiger partial charge in [0.25, 0.3) is 0 Å². The molecule has 0 aliphatic carbocycles. The molecule has 0 aromatic rings. The van der Waals surface area contributed by atoms with Crippen molar-refractivity contribution in [2.45, 2.75) is 31.7 Å². The number of hydrogen-bond acceptors (Lipinski definition) is 4. The molecule has 1 aliphatic rings. The van der Waals surface area contributed by atoms with Crippen molar-refractivity contribution in [1.29, 1.82) is 0 Å². The minimum Gasteiger partial charge on any atom is -0.459 e. The van der Waals surface area contributed by atoms with E-state index in [2.05, 4.69) is 0 Å². The fourth-order valence-electron chi connectivity index (χ4n) is 1.21. The molecule has 14 heavy (non-hydrogen) atoms. The first-order chi connectivity index (χ1) is 6.59. The van der Waals surface area contributed by atoms with Gasteiger partial charge in [0.15, 0.2) is 0 Å². The lowest BCUT2D eigenvalue weighted by atomic mass is 10.1. The Labute approximate surface area is 82.5 Å². The zero-order valence-electron chi connectivity index (χ0n) is 7.96. The Bertz CT molecular complexity index is 257. The van der Waals surface area contributed by atoms with E-state index < -0.39 is 24.3 Å². The molecule has 0 radical (unpaired) electrons. The molecule has 0 bridgehead atoms. The second-order valence-corrected chi connectivity index (χ2v) is 3.29. The van der Waals surface area contributed by atoms with E-state index in [1.54, 1.807) is 6.92 Å². The second kappa shape index (κ2) is 4.93. The summed E-state index contributed by atoms with van der Waals surface area (Å²) < 4.78 is 4.91. The Morgan fingerprint density at radius 1 is 1.43 bits per heavy atom. The molecule has 0 amide bonds. The molecular weight excluding hydrogens is 184 g/mol. The van der Waals surface area contributed by atoms with Gasteiger partial charge in [-0.05, 0) is 6.92 Å². The Balaban J connectivity index is 2.73. The third-order valence-corrected chi connectivity index (χ3v) is 1.94. The van der Waals surface area contributed by atoms with Crippen molar-refractivity contribution >= 4 is 5.97 Å². The first-order valence-corrected chi connectivity index (χ1v) is 4.51. The largest absolute Gasteiger partial charge is 0.459 e. The maximum absolute atomic E-state index is 11.0. The van der Waals surface area contributed by atoms with E-state index in [9.17, 15) is 15.0 Å². The van der Waals surface area contributed by atoms with Gasteiger partial charge in [0.1, 0.15) is 6.10 Å². The summed E-state index contributed by atoms with van der Waals surface area (Å²) in [6.45, 7) is 1.67. The lowest BCUT2D eigenvalue weighted by Gasteiger charge is -2.19. The molecule has 0 fully saturated rings. The van der Waals surface area contributed by atoms with Crippen LogP contribution in [0.1, 0.15) is 13.3 Å². The van der Waals surface area contributed by atoms with E-state index in [0.29, 0.717) is 0 Å². The third-order valence-electron chi connectivity index (χ3n) is 1.94. The molecule has 4 nitrogen and oxygen atoms in total. The van der Waals surface area contributed by atoms with Crippen molar-refractivity contribution in [2.75, 3.05) is 0 Å². The predicted molar refractivity (Wildman–Crippen MR) is 50.5 cm³/mol. The third kappa shape index (κ3) is 3.32. The summed E-state index contributed by atoms with van der Waals surface area (Å²) in [5.74, 6) is -0.439. The molecule has 0 saturated heterocycles. The quantitative estimate of drug-likeness (QED) is 0.544. The Hall–Kier alpha value is -1.13. The van der Waals surface area contributed by atoms with E-state index in [1.807, 2.05) is 0 Å². The van der Waals surface area contributed by atoms with Crippen LogP contribution in [0.2, 0.25) is 0 Å². The van der Waals surface area contributed by atoms with Crippen LogP contribution in [0.4, 0.5) is 0 Å². The van der Waals surface area contributed by atoms with Crippen LogP contribution in [0.15, 0.2) is 24.3 Å². The molecule has 0 unspecified atom stereocenters. The van der Waals surface area contributed by atoms with Crippen LogP contribution in [-0.2, 0) is 9.53 Å². The van der Waals surface area contributed by atoms with Crippen LogP contribution in [-0.4, -0.2) is 34.5 Å². The maximum atomic E-state index is 11.0. The number of carbonyl (C=O) groups excluding carboxylic acids is 1. The zero-order valence-corrected chi connectivity index (χ0v) is 7.96. The Morgan fingerprint density at radius 2 is 2.14 bits per heavy atom. The molecule has 4 heteroatoms. The Morgan fingerprint density at radius 3 is 2.86 bits per heavy atom. The summed E-state index contributed by atoms with van der Waals surface area (Å²) >= 11 is 0. The number of allylic oxidation sites excluding steroid dienone is 2. The molecule has 0 aromatic carbocycles. The normalized spacial score (nSPS) is 33.9. The molecule has 0 aromatic heterocycles. The molecule has 0 spiro atoms. The minimum absolute atomic E-state index is 0.227. The molecular formula is C10H14O4. The molecule has 1 heterocycles. The van der Waals surface area contributed by atoms with E-state index in [-0.39, 0.29) is 6.42 Å². The van der Waals surface area contributed by atoms with Crippen LogP contribution in [0.25, 0.3) is 0 Å². The van der Waals surface area contributed by atoms with Crippen molar-refractivity contribution in [3.8, 4) is 0 Å². The fraction of sp³-hybridized carbons (Fsp3) is 0.500. The smallest absolute Gasteiger partial charge is 0.331 e. The van der Waals surface area contributed by atoms with Crippen LogP contribution < -0.4 is 0 Å². The topological polar surface area (TPSA) is 66.8 Å². The number of rotatable bonds is 0. The Kier molecular flexibility index (Phi) is 3.85. The highest BCUT2D eigenvalue weighted by Crippen LogP contribution is 2.09. The summed E-state index contributed by atoms with van der Waals surface area (Å²) in [5.41, 5.74) is 0. The van der Waals surface area contributed by atoms with E-state index in [1.165, 1.54) is 24.3 Å². The van der Waals surface area contributed by atoms with Gasteiger partial charge in [0.2, 0.25) is 0 Å². The van der Waals surface area contributed by atoms with Gasteiger partial charge in [-0.1, -0.05) is 18.2 Å². The summed E-state index contributed by atoms with van der Waals surface area (Å²) in [4.78, 5) is 11.0. The van der Waals surface area contributed by atoms with Crippen molar-refractivity contribution in [1.82, 2.24) is 0 Å². The van der Waals surface area contributed by atoms with Crippen LogP contribution in [0.5, 0.6) is 0 Å². The van der Waals surface area contributed by atoms with Crippen molar-refractivity contribution in [2.24, 2.45) is 0 Å². The van der Waals surface area contributed by atoms with Gasteiger partial charge in [-0.2, -0.15) is 0 Å². The van der Waals surface area contributed by atoms with Gasteiger partial charge in [-0.15, -0.1) is 0 Å². The molecule has 2 N–H and O–H groups in total. The molecule has 78 valence electrons. The molecule has 1 aliphatic heterocycles. The zero-order chi connectivity index (χ0) is 10.6. The second-order valence-electron chi connectivity index (χ2n) is 3.29. The predicted octanol–water partition coefficient (Wildman–Crippen LogP) is 0.156. The lowest BCUT2D eigenvalue weighted by molar-refractivity contribution is -0.144. The highest BCUT2D eigenvalue weighted by atomic mass is 16.5. The highest BCUT2D eigenvalue weighted by molar-refractivity contribution is 5.82. The summed E-state index contributed by atoms with van der Waals surface area (Å²) in [6, 6.07) is 0. The summed E-state index contributed by atoms with van der Waals surface area (Å²) in [6.07, 6.45) is 3.69. The number of aliphatic hydroxyl groups is 2. The van der Waals surface area contributed by atoms with Crippen LogP contribution in [0, 0.1) is 0 Å². The number of hydrogen-bond donors (Lipinski definition) is 2. The van der Waals surface area contributed by atoms with Gasteiger partial charge in [-0.3, -0.25) is 0 Å². The van der Waals surface area contributed by atoms with E-state index in [4.69, 9.17) is 4.74 Å². The van der Waals surface area contributed by atoms with Crippen LogP contribution >= 0.6 is 0 Å². The summed E-state index contributed by atoms with van der Waals surface area (Å²) in [7, 11) is 0. The maximum Gasteiger partial charge on any atom is 0.331 e. The van der Waals surface area contributed by atoms with Crippen molar-refractivity contribution in [3.05, 3.63) is 24.3 Å². The average molecular weight is 198 g/mol. The first-order valence-electron chi connectivity index (χ1n) is 4.51. The standard InChI is InChI=1S/C10H14O4/c1-7-6-9(12)8(11)4-2-3-5-10(13)14-7/h2-5,7-9,11-12H,6H2,1H3/t7-,8+,9-/m1/s1. The number of aliphatic hydroxyl groups excluding tert-OH is 2.